The first kappa shape index (κ1) is 21.4. The van der Waals surface area contributed by atoms with Crippen LogP contribution in [0.4, 0.5) is 19.0 Å². The Labute approximate surface area is 194 Å². The van der Waals surface area contributed by atoms with E-state index in [2.05, 4.69) is 27.3 Å². The van der Waals surface area contributed by atoms with E-state index >= 15 is 0 Å². The summed E-state index contributed by atoms with van der Waals surface area (Å²) >= 11 is 0. The van der Waals surface area contributed by atoms with E-state index in [1.54, 1.807) is 6.07 Å². The van der Waals surface area contributed by atoms with Crippen LogP contribution in [-0.4, -0.2) is 52.1 Å². The van der Waals surface area contributed by atoms with Crippen molar-refractivity contribution in [2.24, 2.45) is 16.8 Å². The molecule has 1 amide bonds. The van der Waals surface area contributed by atoms with Gasteiger partial charge in [0.1, 0.15) is 5.82 Å². The second-order valence-corrected chi connectivity index (χ2v) is 9.79. The summed E-state index contributed by atoms with van der Waals surface area (Å²) in [5.41, 5.74) is 2.88. The summed E-state index contributed by atoms with van der Waals surface area (Å²) in [7, 11) is 0. The summed E-state index contributed by atoms with van der Waals surface area (Å²) in [5, 5.41) is 7.13. The lowest BCUT2D eigenvalue weighted by Crippen LogP contribution is -2.37. The first-order chi connectivity index (χ1) is 16.3. The molecule has 10 heteroatoms. The lowest BCUT2D eigenvalue weighted by molar-refractivity contribution is -0.141. The van der Waals surface area contributed by atoms with Crippen molar-refractivity contribution < 1.29 is 18.0 Å². The average Bonchev–Trinajstić information content (AvgIpc) is 3.26. The highest BCUT2D eigenvalue weighted by Gasteiger charge is 2.46. The molecule has 3 fully saturated rings. The predicted molar refractivity (Wildman–Crippen MR) is 120 cm³/mol. The Hall–Kier alpha value is -3.17. The number of amides is 1. The monoisotopic (exact) mass is 470 g/mol. The molecule has 4 heterocycles. The molecule has 178 valence electrons. The third-order valence-electron chi connectivity index (χ3n) is 7.39. The number of nitrogens with zero attached hydrogens (tertiary/aromatic N) is 5. The highest BCUT2D eigenvalue weighted by molar-refractivity contribution is 6.10. The smallest absolute Gasteiger partial charge is 0.356 e. The van der Waals surface area contributed by atoms with Gasteiger partial charge >= 0.3 is 6.18 Å². The first-order valence-electron chi connectivity index (χ1n) is 11.6. The second-order valence-electron chi connectivity index (χ2n) is 9.79. The predicted octanol–water partition coefficient (Wildman–Crippen LogP) is 3.46. The van der Waals surface area contributed by atoms with E-state index in [0.717, 1.165) is 31.6 Å². The van der Waals surface area contributed by atoms with Crippen LogP contribution in [0.5, 0.6) is 0 Å². The van der Waals surface area contributed by atoms with Gasteiger partial charge in [0, 0.05) is 24.8 Å². The summed E-state index contributed by atoms with van der Waals surface area (Å²) in [6.45, 7) is 4.17. The van der Waals surface area contributed by atoms with E-state index in [-0.39, 0.29) is 24.1 Å². The molecule has 2 unspecified atom stereocenters. The van der Waals surface area contributed by atoms with Crippen LogP contribution >= 0.6 is 0 Å². The van der Waals surface area contributed by atoms with Gasteiger partial charge in [-0.3, -0.25) is 14.5 Å². The number of hydrogen-bond acceptors (Lipinski definition) is 5. The van der Waals surface area contributed by atoms with E-state index in [9.17, 15) is 18.0 Å². The minimum atomic E-state index is -4.57. The van der Waals surface area contributed by atoms with Crippen LogP contribution in [0, 0.1) is 11.8 Å². The van der Waals surface area contributed by atoms with Crippen LogP contribution in [0.2, 0.25) is 0 Å². The highest BCUT2D eigenvalue weighted by atomic mass is 19.4. The zero-order valence-electron chi connectivity index (χ0n) is 18.8. The topological polar surface area (TPSA) is 75.4 Å². The Bertz CT molecular complexity index is 1220. The van der Waals surface area contributed by atoms with Gasteiger partial charge in [-0.25, -0.2) is 4.98 Å². The van der Waals surface area contributed by atoms with Crippen molar-refractivity contribution in [2.75, 3.05) is 24.5 Å². The van der Waals surface area contributed by atoms with Gasteiger partial charge in [-0.05, 0) is 55.2 Å². The molecule has 2 aliphatic carbocycles. The van der Waals surface area contributed by atoms with Crippen LogP contribution < -0.4 is 10.2 Å². The van der Waals surface area contributed by atoms with Gasteiger partial charge < -0.3 is 10.2 Å². The molecule has 4 aliphatic rings. The van der Waals surface area contributed by atoms with Crippen LogP contribution in [0.3, 0.4) is 0 Å². The van der Waals surface area contributed by atoms with Gasteiger partial charge in [0.15, 0.2) is 5.69 Å². The normalized spacial score (nSPS) is 25.5. The van der Waals surface area contributed by atoms with Crippen LogP contribution in [-0.2, 0) is 12.7 Å². The number of aromatic nitrogens is 3. The fraction of sp³-hybridized carbons (Fsp3) is 0.500. The number of carbonyl (C=O) groups excluding carboxylic acids is 1. The summed E-state index contributed by atoms with van der Waals surface area (Å²) in [4.78, 5) is 23.2. The van der Waals surface area contributed by atoms with Gasteiger partial charge in [-0.1, -0.05) is 6.07 Å². The lowest BCUT2D eigenvalue weighted by Gasteiger charge is -2.21. The molecule has 3 atom stereocenters. The number of nitrogens with one attached hydrogen (secondary N) is 1. The second kappa shape index (κ2) is 7.68. The van der Waals surface area contributed by atoms with Crippen LogP contribution in [0.1, 0.15) is 47.8 Å². The molecular weight excluding hydrogens is 445 g/mol. The van der Waals surface area contributed by atoms with Crippen molar-refractivity contribution in [3.05, 3.63) is 52.5 Å². The Morgan fingerprint density at radius 1 is 1.24 bits per heavy atom. The van der Waals surface area contributed by atoms with Gasteiger partial charge in [-0.15, -0.1) is 0 Å². The van der Waals surface area contributed by atoms with E-state index in [1.165, 1.54) is 40.7 Å². The quantitative estimate of drug-likeness (QED) is 0.726. The van der Waals surface area contributed by atoms with E-state index in [4.69, 9.17) is 0 Å². The molecule has 34 heavy (non-hydrogen) atoms. The molecule has 7 nitrogen and oxygen atoms in total. The molecule has 1 saturated heterocycles. The number of aliphatic imine (C=N–C) groups is 1. The number of halogens is 3. The Kier molecular flexibility index (Phi) is 4.82. The molecule has 0 radical (unpaired) electrons. The summed E-state index contributed by atoms with van der Waals surface area (Å²) in [6.07, 6.45) is 1.16. The van der Waals surface area contributed by atoms with Crippen molar-refractivity contribution in [1.29, 1.82) is 0 Å². The lowest BCUT2D eigenvalue weighted by atomic mass is 10.1. The van der Waals surface area contributed by atoms with Gasteiger partial charge in [0.05, 0.1) is 36.6 Å². The maximum Gasteiger partial charge on any atom is 0.433 e. The summed E-state index contributed by atoms with van der Waals surface area (Å²) in [6, 6.07) is 3.00. The fourth-order valence-corrected chi connectivity index (χ4v) is 5.44. The number of alkyl halides is 3. The molecule has 0 aromatic carbocycles. The van der Waals surface area contributed by atoms with E-state index in [1.807, 2.05) is 4.90 Å². The Balaban J connectivity index is 1.17. The van der Waals surface area contributed by atoms with E-state index < -0.39 is 11.9 Å². The van der Waals surface area contributed by atoms with E-state index in [0.29, 0.717) is 29.8 Å². The fourth-order valence-electron chi connectivity index (χ4n) is 5.44. The van der Waals surface area contributed by atoms with Gasteiger partial charge in [0.2, 0.25) is 0 Å². The minimum absolute atomic E-state index is 0.0250. The van der Waals surface area contributed by atoms with Crippen molar-refractivity contribution in [3.8, 4) is 0 Å². The van der Waals surface area contributed by atoms with Crippen molar-refractivity contribution in [2.45, 2.75) is 44.9 Å². The molecule has 2 saturated carbocycles. The van der Waals surface area contributed by atoms with Crippen molar-refractivity contribution >= 4 is 17.4 Å². The molecule has 2 aliphatic heterocycles. The Morgan fingerprint density at radius 2 is 2.03 bits per heavy atom. The van der Waals surface area contributed by atoms with Crippen LogP contribution in [0.15, 0.2) is 40.7 Å². The largest absolute Gasteiger partial charge is 0.433 e. The number of pyridine rings is 1. The molecule has 1 N–H and O–H groups in total. The molecular formula is C24H25F3N6O. The molecule has 0 spiro atoms. The zero-order chi connectivity index (χ0) is 23.6. The maximum absolute atomic E-state index is 13.8. The minimum Gasteiger partial charge on any atom is -0.356 e. The number of carbonyl (C=O) groups is 1. The summed E-state index contributed by atoms with van der Waals surface area (Å²) < 4.78 is 42.8. The van der Waals surface area contributed by atoms with Crippen molar-refractivity contribution in [1.82, 2.24) is 20.1 Å². The number of anilines is 1. The third-order valence-corrected chi connectivity index (χ3v) is 7.39. The SMILES string of the molecule is CC1=C2CC[C@@H](NC(=O)c3cnn(Cc4ccc(N5CC6CC6C5)nc4C(F)(F)F)c3)C2=NC1. The average molecular weight is 470 g/mol. The molecule has 2 aromatic rings. The van der Waals surface area contributed by atoms with Gasteiger partial charge in [0.25, 0.3) is 5.91 Å². The number of fused-ring (bicyclic) bond motifs is 2. The van der Waals surface area contributed by atoms with Crippen LogP contribution in [0.25, 0.3) is 0 Å². The summed E-state index contributed by atoms with van der Waals surface area (Å²) in [5.74, 6) is 1.27. The third kappa shape index (κ3) is 3.78. The number of hydrogen-bond donors (Lipinski definition) is 1. The molecule has 0 bridgehead atoms. The highest BCUT2D eigenvalue weighted by Crippen LogP contribution is 2.46. The number of piperidine rings is 1. The molecule has 6 rings (SSSR count). The Morgan fingerprint density at radius 3 is 2.79 bits per heavy atom. The number of rotatable bonds is 5. The molecule has 2 aromatic heterocycles. The van der Waals surface area contributed by atoms with Crippen molar-refractivity contribution in [3.63, 3.8) is 0 Å². The maximum atomic E-state index is 13.8. The first-order valence-corrected chi connectivity index (χ1v) is 11.6. The standard InChI is InChI=1S/C24H25F3N6O/c1-13-7-28-21-18(13)3-4-19(21)30-23(34)17-8-29-33(12-17)11-14-2-5-20(31-22(14)24(25,26)27)32-9-15-6-16(15)10-32/h2,5,8,12,15-16,19H,3-4,6-7,9-11H2,1H3,(H,30,34)/t15?,16?,19-/m1/s1. The zero-order valence-corrected chi connectivity index (χ0v) is 18.8. The van der Waals surface area contributed by atoms with Gasteiger partial charge in [-0.2, -0.15) is 18.3 Å².